The van der Waals surface area contributed by atoms with Gasteiger partial charge in [0.15, 0.2) is 0 Å². The van der Waals surface area contributed by atoms with Crippen molar-refractivity contribution < 1.29 is 9.21 Å². The Morgan fingerprint density at radius 3 is 2.71 bits per heavy atom. The van der Waals surface area contributed by atoms with Gasteiger partial charge in [0.2, 0.25) is 5.89 Å². The molecule has 0 spiro atoms. The van der Waals surface area contributed by atoms with Crippen molar-refractivity contribution in [2.24, 2.45) is 5.73 Å². The van der Waals surface area contributed by atoms with Gasteiger partial charge in [-0.1, -0.05) is 24.3 Å². The monoisotopic (exact) mass is 415 g/mol. The van der Waals surface area contributed by atoms with Gasteiger partial charge in [-0.15, -0.1) is 0 Å². The van der Waals surface area contributed by atoms with E-state index in [1.165, 1.54) is 0 Å². The number of hydrogen-bond donors (Lipinski definition) is 2. The first-order valence-corrected chi connectivity index (χ1v) is 10.7. The number of aromatic amines is 1. The van der Waals surface area contributed by atoms with Crippen LogP contribution in [-0.4, -0.2) is 45.4 Å². The van der Waals surface area contributed by atoms with Crippen molar-refractivity contribution in [2.45, 2.75) is 25.2 Å². The van der Waals surface area contributed by atoms with E-state index in [2.05, 4.69) is 14.9 Å². The molecule has 1 fully saturated rings. The lowest BCUT2D eigenvalue weighted by molar-refractivity contribution is 0.100. The van der Waals surface area contributed by atoms with Crippen LogP contribution >= 0.6 is 0 Å². The molecule has 7 heteroatoms. The molecule has 5 rings (SSSR count). The van der Waals surface area contributed by atoms with Crippen molar-refractivity contribution in [1.29, 1.82) is 0 Å². The molecule has 2 aromatic heterocycles. The topological polar surface area (TPSA) is 101 Å². The Morgan fingerprint density at radius 2 is 1.94 bits per heavy atom. The second-order valence-electron chi connectivity index (χ2n) is 8.05. The minimum absolute atomic E-state index is 0.360. The number of H-pyrrole nitrogens is 1. The second-order valence-corrected chi connectivity index (χ2v) is 8.05. The molecule has 0 atom stereocenters. The standard InChI is InChI=1S/C24H25N5O2/c25-22(30)19-7-4-8-20-21(19)28-23(27-20)16-9-12-29(13-10-16)14-11-18-15-26-24(31-18)17-5-2-1-3-6-17/h1-8,15-16H,9-14H2,(H2,25,30)(H,27,28). The molecule has 31 heavy (non-hydrogen) atoms. The predicted octanol–water partition coefficient (Wildman–Crippen LogP) is 3.74. The third-order valence-corrected chi connectivity index (χ3v) is 6.02. The van der Waals surface area contributed by atoms with Crippen molar-refractivity contribution in [3.05, 3.63) is 71.9 Å². The van der Waals surface area contributed by atoms with E-state index in [9.17, 15) is 4.79 Å². The van der Waals surface area contributed by atoms with E-state index in [1.807, 2.05) is 48.7 Å². The minimum atomic E-state index is -0.443. The van der Waals surface area contributed by atoms with Crippen molar-refractivity contribution in [3.8, 4) is 11.5 Å². The molecular weight excluding hydrogens is 390 g/mol. The number of oxazole rings is 1. The summed E-state index contributed by atoms with van der Waals surface area (Å²) >= 11 is 0. The number of para-hydroxylation sites is 1. The number of imidazole rings is 1. The molecule has 0 radical (unpaired) electrons. The van der Waals surface area contributed by atoms with E-state index in [1.54, 1.807) is 6.07 Å². The van der Waals surface area contributed by atoms with Gasteiger partial charge in [-0.2, -0.15) is 0 Å². The maximum atomic E-state index is 11.7. The number of fused-ring (bicyclic) bond motifs is 1. The molecule has 1 aliphatic heterocycles. The number of nitrogens with zero attached hydrogens (tertiary/aromatic N) is 3. The number of likely N-dealkylation sites (tertiary alicyclic amines) is 1. The number of nitrogens with two attached hydrogens (primary N) is 1. The van der Waals surface area contributed by atoms with Crippen molar-refractivity contribution >= 4 is 16.9 Å². The number of primary amides is 1. The average Bonchev–Trinajstić information content (AvgIpc) is 3.45. The van der Waals surface area contributed by atoms with Crippen LogP contribution in [-0.2, 0) is 6.42 Å². The van der Waals surface area contributed by atoms with E-state index in [0.29, 0.717) is 22.9 Å². The Kier molecular flexibility index (Phi) is 5.26. The maximum absolute atomic E-state index is 11.7. The van der Waals surface area contributed by atoms with Gasteiger partial charge >= 0.3 is 0 Å². The molecular formula is C24H25N5O2. The summed E-state index contributed by atoms with van der Waals surface area (Å²) in [5.41, 5.74) is 8.50. The third kappa shape index (κ3) is 4.09. The maximum Gasteiger partial charge on any atom is 0.250 e. The lowest BCUT2D eigenvalue weighted by Gasteiger charge is -2.30. The lowest BCUT2D eigenvalue weighted by Crippen LogP contribution is -2.34. The first-order valence-electron chi connectivity index (χ1n) is 10.7. The molecule has 2 aromatic carbocycles. The number of nitrogens with one attached hydrogen (secondary N) is 1. The summed E-state index contributed by atoms with van der Waals surface area (Å²) in [4.78, 5) is 26.6. The van der Waals surface area contributed by atoms with Crippen LogP contribution in [0.4, 0.5) is 0 Å². The number of aromatic nitrogens is 3. The molecule has 0 unspecified atom stereocenters. The predicted molar refractivity (Wildman–Crippen MR) is 119 cm³/mol. The molecule has 7 nitrogen and oxygen atoms in total. The summed E-state index contributed by atoms with van der Waals surface area (Å²) in [5.74, 6) is 2.46. The van der Waals surface area contributed by atoms with Gasteiger partial charge in [0.1, 0.15) is 17.1 Å². The summed E-state index contributed by atoms with van der Waals surface area (Å²) in [6.45, 7) is 2.95. The highest BCUT2D eigenvalue weighted by atomic mass is 16.4. The van der Waals surface area contributed by atoms with Crippen molar-refractivity contribution in [1.82, 2.24) is 19.9 Å². The van der Waals surface area contributed by atoms with E-state index >= 15 is 0 Å². The van der Waals surface area contributed by atoms with E-state index in [-0.39, 0.29) is 0 Å². The van der Waals surface area contributed by atoms with E-state index in [0.717, 1.165) is 61.6 Å². The summed E-state index contributed by atoms with van der Waals surface area (Å²) in [5, 5.41) is 0. The Hall–Kier alpha value is -3.45. The molecule has 4 aromatic rings. The van der Waals surface area contributed by atoms with Gasteiger partial charge in [-0.25, -0.2) is 9.97 Å². The number of benzene rings is 2. The summed E-state index contributed by atoms with van der Waals surface area (Å²) < 4.78 is 5.92. The normalized spacial score (nSPS) is 15.5. The van der Waals surface area contributed by atoms with Gasteiger partial charge < -0.3 is 20.0 Å². The Bertz CT molecular complexity index is 1190. The Labute approximate surface area is 180 Å². The molecule has 1 amide bonds. The van der Waals surface area contributed by atoms with Crippen LogP contribution in [0.2, 0.25) is 0 Å². The van der Waals surface area contributed by atoms with Crippen LogP contribution < -0.4 is 5.73 Å². The summed E-state index contributed by atoms with van der Waals surface area (Å²) in [7, 11) is 0. The number of hydrogen-bond acceptors (Lipinski definition) is 5. The number of carbonyl (C=O) groups excluding carboxylic acids is 1. The van der Waals surface area contributed by atoms with Crippen molar-refractivity contribution in [2.75, 3.05) is 19.6 Å². The zero-order valence-electron chi connectivity index (χ0n) is 17.3. The molecule has 0 saturated carbocycles. The van der Waals surface area contributed by atoms with Crippen LogP contribution in [0.1, 0.15) is 40.7 Å². The Morgan fingerprint density at radius 1 is 1.13 bits per heavy atom. The SMILES string of the molecule is NC(=O)c1cccc2[nH]c(C3CCN(CCc4cnc(-c5ccccc5)o4)CC3)nc12. The molecule has 1 saturated heterocycles. The highest BCUT2D eigenvalue weighted by Crippen LogP contribution is 2.29. The number of piperidine rings is 1. The van der Waals surface area contributed by atoms with Crippen LogP contribution in [0.5, 0.6) is 0 Å². The average molecular weight is 415 g/mol. The molecule has 3 N–H and O–H groups in total. The van der Waals surface area contributed by atoms with Crippen LogP contribution in [0, 0.1) is 0 Å². The smallest absolute Gasteiger partial charge is 0.250 e. The summed E-state index contributed by atoms with van der Waals surface area (Å²) in [6.07, 6.45) is 4.73. The van der Waals surface area contributed by atoms with Gasteiger partial charge in [0, 0.05) is 24.4 Å². The zero-order chi connectivity index (χ0) is 21.2. The fourth-order valence-corrected chi connectivity index (χ4v) is 4.28. The fourth-order valence-electron chi connectivity index (χ4n) is 4.28. The number of amides is 1. The van der Waals surface area contributed by atoms with E-state index < -0.39 is 5.91 Å². The number of rotatable bonds is 6. The highest BCUT2D eigenvalue weighted by molar-refractivity contribution is 6.04. The van der Waals surface area contributed by atoms with Crippen LogP contribution in [0.25, 0.3) is 22.5 Å². The van der Waals surface area contributed by atoms with Gasteiger partial charge in [0.25, 0.3) is 5.91 Å². The quantitative estimate of drug-likeness (QED) is 0.500. The van der Waals surface area contributed by atoms with Gasteiger partial charge in [0.05, 0.1) is 17.3 Å². The first-order chi connectivity index (χ1) is 15.2. The van der Waals surface area contributed by atoms with E-state index in [4.69, 9.17) is 15.1 Å². The van der Waals surface area contributed by atoms with Gasteiger partial charge in [-0.3, -0.25) is 4.79 Å². The number of carbonyl (C=O) groups is 1. The van der Waals surface area contributed by atoms with Crippen molar-refractivity contribution in [3.63, 3.8) is 0 Å². The second kappa shape index (κ2) is 8.35. The molecule has 1 aliphatic rings. The largest absolute Gasteiger partial charge is 0.441 e. The van der Waals surface area contributed by atoms with Gasteiger partial charge in [-0.05, 0) is 50.2 Å². The third-order valence-electron chi connectivity index (χ3n) is 6.02. The summed E-state index contributed by atoms with van der Waals surface area (Å²) in [6, 6.07) is 15.5. The fraction of sp³-hybridized carbons (Fsp3) is 0.292. The Balaban J connectivity index is 1.18. The van der Waals surface area contributed by atoms with Crippen LogP contribution in [0.15, 0.2) is 59.1 Å². The first kappa shape index (κ1) is 19.5. The minimum Gasteiger partial charge on any atom is -0.441 e. The lowest BCUT2D eigenvalue weighted by atomic mass is 9.96. The van der Waals surface area contributed by atoms with Crippen LogP contribution in [0.3, 0.4) is 0 Å². The molecule has 0 aliphatic carbocycles. The molecule has 158 valence electrons. The molecule has 3 heterocycles. The zero-order valence-corrected chi connectivity index (χ0v) is 17.3. The highest BCUT2D eigenvalue weighted by Gasteiger charge is 2.24. The molecule has 0 bridgehead atoms.